The Kier molecular flexibility index (Phi) is 2.37. The van der Waals surface area contributed by atoms with Crippen LogP contribution in [0.2, 0.25) is 0 Å². The van der Waals surface area contributed by atoms with E-state index in [9.17, 15) is 13.2 Å². The summed E-state index contributed by atoms with van der Waals surface area (Å²) in [5, 5.41) is -0.168. The van der Waals surface area contributed by atoms with Crippen molar-refractivity contribution in [3.05, 3.63) is 12.2 Å². The number of sulfonamides is 1. The van der Waals surface area contributed by atoms with Crippen LogP contribution in [0, 0.1) is 0 Å². The van der Waals surface area contributed by atoms with Crippen LogP contribution in [0.15, 0.2) is 12.2 Å². The van der Waals surface area contributed by atoms with Gasteiger partial charge in [0.05, 0.1) is 11.3 Å². The van der Waals surface area contributed by atoms with Crippen molar-refractivity contribution >= 4 is 27.8 Å². The van der Waals surface area contributed by atoms with E-state index in [1.54, 1.807) is 18.7 Å². The molecule has 5 nitrogen and oxygen atoms in total. The molecule has 3 saturated heterocycles. The second kappa shape index (κ2) is 3.49. The Hall–Kier alpha value is -0.530. The Morgan fingerprint density at radius 2 is 2.24 bits per heavy atom. The van der Waals surface area contributed by atoms with E-state index in [4.69, 9.17) is 4.74 Å². The minimum absolute atomic E-state index is 0.0351. The molecular weight excluding hydrogens is 262 g/mol. The van der Waals surface area contributed by atoms with Gasteiger partial charge >= 0.3 is 5.97 Å². The third-order valence-electron chi connectivity index (χ3n) is 3.53. The van der Waals surface area contributed by atoms with Gasteiger partial charge in [-0.1, -0.05) is 6.58 Å². The zero-order chi connectivity index (χ0) is 12.4. The fourth-order valence-electron chi connectivity index (χ4n) is 2.74. The molecule has 0 radical (unpaired) electrons. The predicted molar refractivity (Wildman–Crippen MR) is 64.1 cm³/mol. The minimum Gasteiger partial charge on any atom is -0.456 e. The number of rotatable bonds is 2. The average molecular weight is 275 g/mol. The van der Waals surface area contributed by atoms with Gasteiger partial charge in [0, 0.05) is 16.1 Å². The first-order chi connectivity index (χ1) is 7.90. The van der Waals surface area contributed by atoms with Crippen LogP contribution in [0.3, 0.4) is 0 Å². The number of fused-ring (bicyclic) bond motifs is 1. The van der Waals surface area contributed by atoms with Gasteiger partial charge in [-0.05, 0) is 13.3 Å². The summed E-state index contributed by atoms with van der Waals surface area (Å²) >= 11 is 1.63. The molecule has 3 rings (SSSR count). The van der Waals surface area contributed by atoms with Crippen molar-refractivity contribution in [3.63, 3.8) is 0 Å². The van der Waals surface area contributed by atoms with E-state index in [2.05, 4.69) is 11.3 Å². The smallest absolute Gasteiger partial charge is 0.333 e. The molecule has 17 heavy (non-hydrogen) atoms. The summed E-state index contributed by atoms with van der Waals surface area (Å²) in [4.78, 5) is 11.5. The largest absolute Gasteiger partial charge is 0.456 e. The number of thioether (sulfide) groups is 1. The lowest BCUT2D eigenvalue weighted by Crippen LogP contribution is -2.45. The topological polar surface area (TPSA) is 72.5 Å². The molecule has 3 aliphatic rings. The molecule has 3 heterocycles. The number of hydrogen-bond acceptors (Lipinski definition) is 5. The molecule has 2 bridgehead atoms. The van der Waals surface area contributed by atoms with Crippen LogP contribution in [-0.2, 0) is 19.6 Å². The third kappa shape index (κ3) is 1.56. The van der Waals surface area contributed by atoms with Crippen molar-refractivity contribution in [2.75, 3.05) is 0 Å². The monoisotopic (exact) mass is 275 g/mol. The molecule has 0 saturated carbocycles. The second-order valence-electron chi connectivity index (χ2n) is 4.75. The van der Waals surface area contributed by atoms with Gasteiger partial charge in [-0.25, -0.2) is 17.9 Å². The molecule has 1 N–H and O–H groups in total. The molecule has 7 heteroatoms. The van der Waals surface area contributed by atoms with Crippen molar-refractivity contribution < 1.29 is 17.9 Å². The lowest BCUT2D eigenvalue weighted by molar-refractivity contribution is -0.145. The molecule has 0 amide bonds. The zero-order valence-corrected chi connectivity index (χ0v) is 10.9. The van der Waals surface area contributed by atoms with Crippen molar-refractivity contribution in [3.8, 4) is 0 Å². The first kappa shape index (κ1) is 11.6. The molecule has 0 aromatic heterocycles. The quantitative estimate of drug-likeness (QED) is 0.569. The van der Waals surface area contributed by atoms with E-state index in [1.165, 1.54) is 0 Å². The van der Waals surface area contributed by atoms with Gasteiger partial charge in [-0.3, -0.25) is 0 Å². The van der Waals surface area contributed by atoms with E-state index < -0.39 is 16.0 Å². The Morgan fingerprint density at radius 3 is 2.88 bits per heavy atom. The second-order valence-corrected chi connectivity index (χ2v) is 8.11. The van der Waals surface area contributed by atoms with Gasteiger partial charge in [-0.15, -0.1) is 11.8 Å². The number of ether oxygens (including phenoxy) is 1. The number of hydrogen-bond donors (Lipinski definition) is 1. The Labute approximate surface area is 104 Å². The molecule has 5 atom stereocenters. The van der Waals surface area contributed by atoms with Crippen LogP contribution in [0.4, 0.5) is 0 Å². The highest BCUT2D eigenvalue weighted by Gasteiger charge is 2.64. The van der Waals surface area contributed by atoms with Gasteiger partial charge in [-0.2, -0.15) is 0 Å². The fourth-order valence-corrected chi connectivity index (χ4v) is 7.18. The zero-order valence-electron chi connectivity index (χ0n) is 9.25. The summed E-state index contributed by atoms with van der Waals surface area (Å²) < 4.78 is 31.5. The van der Waals surface area contributed by atoms with E-state index in [-0.39, 0.29) is 27.9 Å². The van der Waals surface area contributed by atoms with Gasteiger partial charge in [0.1, 0.15) is 6.10 Å². The molecule has 94 valence electrons. The van der Waals surface area contributed by atoms with E-state index in [1.807, 2.05) is 0 Å². The van der Waals surface area contributed by atoms with Crippen LogP contribution in [0.5, 0.6) is 0 Å². The van der Waals surface area contributed by atoms with Gasteiger partial charge in [0.15, 0.2) is 0 Å². The molecule has 0 aliphatic carbocycles. The normalized spacial score (nSPS) is 44.9. The molecular formula is C10H13NO4S2. The highest BCUT2D eigenvalue weighted by molar-refractivity contribution is 8.03. The van der Waals surface area contributed by atoms with Gasteiger partial charge < -0.3 is 4.74 Å². The molecule has 0 aromatic carbocycles. The Balaban J connectivity index is 1.83. The summed E-state index contributed by atoms with van der Waals surface area (Å²) in [6.45, 7) is 5.12. The third-order valence-corrected chi connectivity index (χ3v) is 7.33. The summed E-state index contributed by atoms with van der Waals surface area (Å²) in [6, 6.07) is -0.253. The number of carbonyl (C=O) groups is 1. The average Bonchev–Trinajstić information content (AvgIpc) is 2.81. The fraction of sp³-hybridized carbons (Fsp3) is 0.700. The highest BCUT2D eigenvalue weighted by Crippen LogP contribution is 2.53. The number of esters is 1. The van der Waals surface area contributed by atoms with Crippen LogP contribution in [0.1, 0.15) is 13.3 Å². The van der Waals surface area contributed by atoms with Crippen molar-refractivity contribution in [1.29, 1.82) is 0 Å². The highest BCUT2D eigenvalue weighted by atomic mass is 32.2. The number of carbonyl (C=O) groups excluding carboxylic acids is 1. The summed E-state index contributed by atoms with van der Waals surface area (Å²) in [6.07, 6.45) is 0.234. The van der Waals surface area contributed by atoms with Gasteiger partial charge in [0.2, 0.25) is 10.0 Å². The van der Waals surface area contributed by atoms with Crippen molar-refractivity contribution in [2.24, 2.45) is 0 Å². The maximum Gasteiger partial charge on any atom is 0.333 e. The van der Waals surface area contributed by atoms with Crippen LogP contribution in [0.25, 0.3) is 0 Å². The minimum atomic E-state index is -3.20. The molecule has 3 fully saturated rings. The Morgan fingerprint density at radius 1 is 1.53 bits per heavy atom. The lowest BCUT2D eigenvalue weighted by atomic mass is 9.93. The van der Waals surface area contributed by atoms with Crippen molar-refractivity contribution in [1.82, 2.24) is 4.72 Å². The molecule has 5 unspecified atom stereocenters. The van der Waals surface area contributed by atoms with Crippen molar-refractivity contribution in [2.45, 2.75) is 41.2 Å². The molecule has 0 aromatic rings. The SMILES string of the molecule is C=C(C)C(=O)OC1C2CC3C(S2)C1NS3(=O)=O. The lowest BCUT2D eigenvalue weighted by Gasteiger charge is -2.24. The predicted octanol–water partition coefficient (Wildman–Crippen LogP) is 0.0322. The summed E-state index contributed by atoms with van der Waals surface area (Å²) in [5.74, 6) is -0.439. The molecule has 3 aliphatic heterocycles. The summed E-state index contributed by atoms with van der Waals surface area (Å²) in [5.41, 5.74) is 0.343. The Bertz CT molecular complexity index is 500. The van der Waals surface area contributed by atoms with E-state index in [0.29, 0.717) is 12.0 Å². The first-order valence-corrected chi connectivity index (χ1v) is 7.92. The van der Waals surface area contributed by atoms with Crippen LogP contribution >= 0.6 is 11.8 Å². The van der Waals surface area contributed by atoms with Crippen LogP contribution < -0.4 is 4.72 Å². The number of nitrogens with one attached hydrogen (secondary N) is 1. The van der Waals surface area contributed by atoms with Gasteiger partial charge in [0.25, 0.3) is 0 Å². The summed E-state index contributed by atoms with van der Waals surface area (Å²) in [7, 11) is -3.20. The van der Waals surface area contributed by atoms with E-state index in [0.717, 1.165) is 0 Å². The van der Waals surface area contributed by atoms with E-state index >= 15 is 0 Å². The maximum atomic E-state index is 11.8. The standard InChI is InChI=1S/C10H13NO4S2/c1-4(2)10(12)15-8-5-3-6-9(16-5)7(8)11-17(6,13)14/h5-9,11H,1,3H2,2H3. The van der Waals surface area contributed by atoms with Crippen LogP contribution in [-0.4, -0.2) is 42.3 Å². The molecule has 0 spiro atoms. The maximum absolute atomic E-state index is 11.8. The first-order valence-electron chi connectivity index (χ1n) is 5.43.